The van der Waals surface area contributed by atoms with Gasteiger partial charge in [0.1, 0.15) is 11.9 Å². The molecule has 0 bridgehead atoms. The fourth-order valence-electron chi connectivity index (χ4n) is 3.71. The lowest BCUT2D eigenvalue weighted by Crippen LogP contribution is -2.43. The highest BCUT2D eigenvalue weighted by molar-refractivity contribution is 5.72. The van der Waals surface area contributed by atoms with Crippen molar-refractivity contribution in [2.24, 2.45) is 0 Å². The van der Waals surface area contributed by atoms with E-state index in [1.54, 1.807) is 18.6 Å². The number of fused-ring (bicyclic) bond motifs is 1. The Morgan fingerprint density at radius 3 is 2.80 bits per heavy atom. The lowest BCUT2D eigenvalue weighted by molar-refractivity contribution is 0.130. The third kappa shape index (κ3) is 1.82. The van der Waals surface area contributed by atoms with Crippen LogP contribution in [0.25, 0.3) is 0 Å². The quantitative estimate of drug-likeness (QED) is 0.816. The molecule has 20 heavy (non-hydrogen) atoms. The number of rotatable bonds is 2. The molecule has 0 radical (unpaired) electrons. The van der Waals surface area contributed by atoms with Crippen LogP contribution in [0.2, 0.25) is 0 Å². The van der Waals surface area contributed by atoms with Gasteiger partial charge in [-0.25, -0.2) is 9.78 Å². The summed E-state index contributed by atoms with van der Waals surface area (Å²) in [6.07, 6.45) is 9.67. The smallest absolute Gasteiger partial charge is 0.410 e. The summed E-state index contributed by atoms with van der Waals surface area (Å²) in [7, 11) is 0. The molecule has 106 valence electrons. The Kier molecular flexibility index (Phi) is 2.75. The second-order valence-corrected chi connectivity index (χ2v) is 5.80. The van der Waals surface area contributed by atoms with E-state index >= 15 is 0 Å². The van der Waals surface area contributed by atoms with Crippen molar-refractivity contribution in [3.05, 3.63) is 18.6 Å². The van der Waals surface area contributed by atoms with E-state index in [1.165, 1.54) is 12.8 Å². The fourth-order valence-corrected chi connectivity index (χ4v) is 3.71. The van der Waals surface area contributed by atoms with Crippen molar-refractivity contribution in [1.29, 1.82) is 0 Å². The molecule has 3 aliphatic rings. The van der Waals surface area contributed by atoms with Crippen molar-refractivity contribution in [3.63, 3.8) is 0 Å². The van der Waals surface area contributed by atoms with Crippen LogP contribution in [0.4, 0.5) is 10.6 Å². The summed E-state index contributed by atoms with van der Waals surface area (Å²) in [4.78, 5) is 24.7. The molecule has 0 unspecified atom stereocenters. The van der Waals surface area contributed by atoms with E-state index in [0.29, 0.717) is 6.04 Å². The van der Waals surface area contributed by atoms with Crippen molar-refractivity contribution in [1.82, 2.24) is 14.9 Å². The topological polar surface area (TPSA) is 58.6 Å². The minimum absolute atomic E-state index is 0.0230. The first-order chi connectivity index (χ1) is 9.83. The van der Waals surface area contributed by atoms with Crippen molar-refractivity contribution in [3.8, 4) is 0 Å². The number of carbonyl (C=O) groups is 1. The molecule has 2 atom stereocenters. The van der Waals surface area contributed by atoms with E-state index in [0.717, 1.165) is 31.7 Å². The van der Waals surface area contributed by atoms with Gasteiger partial charge in [0, 0.05) is 25.0 Å². The maximum atomic E-state index is 12.1. The average molecular weight is 274 g/mol. The molecule has 2 aliphatic heterocycles. The van der Waals surface area contributed by atoms with Gasteiger partial charge in [0.15, 0.2) is 0 Å². The normalized spacial score (nSPS) is 29.9. The zero-order valence-electron chi connectivity index (χ0n) is 11.3. The molecule has 3 heterocycles. The molecule has 1 aliphatic carbocycles. The maximum Gasteiger partial charge on any atom is 0.410 e. The third-order valence-corrected chi connectivity index (χ3v) is 4.65. The summed E-state index contributed by atoms with van der Waals surface area (Å²) in [5.41, 5.74) is 0. The first-order valence-corrected chi connectivity index (χ1v) is 7.33. The molecule has 0 spiro atoms. The monoisotopic (exact) mass is 274 g/mol. The second-order valence-electron chi connectivity index (χ2n) is 5.80. The molecule has 6 heteroatoms. The van der Waals surface area contributed by atoms with Crippen LogP contribution in [0.1, 0.15) is 25.7 Å². The number of aromatic nitrogens is 2. The van der Waals surface area contributed by atoms with Crippen LogP contribution >= 0.6 is 0 Å². The summed E-state index contributed by atoms with van der Waals surface area (Å²) in [5.74, 6) is 0.865. The van der Waals surface area contributed by atoms with E-state index in [-0.39, 0.29) is 18.2 Å². The number of carbonyl (C=O) groups excluding carboxylic acids is 1. The lowest BCUT2D eigenvalue weighted by atomic mass is 10.1. The van der Waals surface area contributed by atoms with Gasteiger partial charge in [-0.1, -0.05) is 12.8 Å². The highest BCUT2D eigenvalue weighted by Gasteiger charge is 2.50. The van der Waals surface area contributed by atoms with Gasteiger partial charge in [-0.15, -0.1) is 0 Å². The molecule has 1 saturated carbocycles. The first-order valence-electron chi connectivity index (χ1n) is 7.33. The Bertz CT molecular complexity index is 503. The Labute approximate surface area is 117 Å². The molecule has 1 aromatic heterocycles. The molecule has 1 aromatic rings. The summed E-state index contributed by atoms with van der Waals surface area (Å²) < 4.78 is 5.56. The van der Waals surface area contributed by atoms with Gasteiger partial charge in [-0.2, -0.15) is 0 Å². The average Bonchev–Trinajstić information content (AvgIpc) is 3.15. The van der Waals surface area contributed by atoms with Gasteiger partial charge in [0.2, 0.25) is 0 Å². The molecule has 3 fully saturated rings. The summed E-state index contributed by atoms with van der Waals surface area (Å²) in [6, 6.07) is 0.548. The largest absolute Gasteiger partial charge is 0.442 e. The number of anilines is 1. The molecule has 0 aromatic carbocycles. The third-order valence-electron chi connectivity index (χ3n) is 4.65. The summed E-state index contributed by atoms with van der Waals surface area (Å²) in [6.45, 7) is 1.52. The number of hydrogen-bond donors (Lipinski definition) is 0. The highest BCUT2D eigenvalue weighted by atomic mass is 16.6. The van der Waals surface area contributed by atoms with Crippen LogP contribution in [0.5, 0.6) is 0 Å². The molecule has 2 saturated heterocycles. The second kappa shape index (κ2) is 4.61. The van der Waals surface area contributed by atoms with Gasteiger partial charge in [-0.05, 0) is 12.8 Å². The summed E-state index contributed by atoms with van der Waals surface area (Å²) in [5, 5.41) is 0. The lowest BCUT2D eigenvalue weighted by Gasteiger charge is -2.27. The minimum atomic E-state index is -0.120. The molecule has 4 rings (SSSR count). The van der Waals surface area contributed by atoms with Gasteiger partial charge >= 0.3 is 6.09 Å². The minimum Gasteiger partial charge on any atom is -0.442 e. The van der Waals surface area contributed by atoms with E-state index < -0.39 is 0 Å². The number of nitrogens with zero attached hydrogens (tertiary/aromatic N) is 4. The van der Waals surface area contributed by atoms with Gasteiger partial charge < -0.3 is 9.64 Å². The SMILES string of the molecule is O=C1O[C@@H]2CN(c3cnccn3)C[C@@H]2N1C1CCCC1. The van der Waals surface area contributed by atoms with Crippen LogP contribution in [0, 0.1) is 0 Å². The van der Waals surface area contributed by atoms with Crippen molar-refractivity contribution in [2.75, 3.05) is 18.0 Å². The Morgan fingerprint density at radius 1 is 1.20 bits per heavy atom. The Hall–Kier alpha value is -1.85. The predicted octanol–water partition coefficient (Wildman–Crippen LogP) is 1.43. The first kappa shape index (κ1) is 11.9. The predicted molar refractivity (Wildman–Crippen MR) is 72.4 cm³/mol. The molecular weight excluding hydrogens is 256 g/mol. The van der Waals surface area contributed by atoms with Crippen LogP contribution in [-0.4, -0.2) is 52.2 Å². The van der Waals surface area contributed by atoms with Crippen molar-refractivity contribution >= 4 is 11.9 Å². The van der Waals surface area contributed by atoms with Crippen LogP contribution in [0.3, 0.4) is 0 Å². The van der Waals surface area contributed by atoms with Gasteiger partial charge in [-0.3, -0.25) is 9.88 Å². The zero-order valence-corrected chi connectivity index (χ0v) is 11.3. The standard InChI is InChI=1S/C14H18N4O2/c19-14-18(10-3-1-2-4-10)11-8-17(9-12(11)20-14)13-7-15-5-6-16-13/h5-7,10-12H,1-4,8-9H2/t11-,12+/m0/s1. The van der Waals surface area contributed by atoms with E-state index in [1.807, 2.05) is 4.90 Å². The zero-order chi connectivity index (χ0) is 13.5. The van der Waals surface area contributed by atoms with Crippen LogP contribution in [0.15, 0.2) is 18.6 Å². The Balaban J connectivity index is 1.53. The van der Waals surface area contributed by atoms with Crippen LogP contribution < -0.4 is 4.90 Å². The molecule has 6 nitrogen and oxygen atoms in total. The number of hydrogen-bond acceptors (Lipinski definition) is 5. The maximum absolute atomic E-state index is 12.1. The van der Waals surface area contributed by atoms with E-state index in [2.05, 4.69) is 14.9 Å². The number of amides is 1. The molecule has 1 amide bonds. The van der Waals surface area contributed by atoms with Gasteiger partial charge in [0.05, 0.1) is 18.8 Å². The van der Waals surface area contributed by atoms with Crippen molar-refractivity contribution in [2.45, 2.75) is 43.9 Å². The van der Waals surface area contributed by atoms with Crippen molar-refractivity contribution < 1.29 is 9.53 Å². The molecule has 0 N–H and O–H groups in total. The van der Waals surface area contributed by atoms with E-state index in [4.69, 9.17) is 4.74 Å². The highest BCUT2D eigenvalue weighted by Crippen LogP contribution is 2.35. The fraction of sp³-hybridized carbons (Fsp3) is 0.643. The van der Waals surface area contributed by atoms with Gasteiger partial charge in [0.25, 0.3) is 0 Å². The molecular formula is C14H18N4O2. The van der Waals surface area contributed by atoms with E-state index in [9.17, 15) is 4.79 Å². The summed E-state index contributed by atoms with van der Waals surface area (Å²) >= 11 is 0. The Morgan fingerprint density at radius 2 is 2.05 bits per heavy atom. The number of ether oxygens (including phenoxy) is 1. The van der Waals surface area contributed by atoms with Crippen LogP contribution in [-0.2, 0) is 4.74 Å².